The molecule has 0 bridgehead atoms. The molecule has 0 heterocycles. The fourth-order valence-electron chi connectivity index (χ4n) is 0.750. The second kappa shape index (κ2) is 5.92. The van der Waals surface area contributed by atoms with Crippen LogP contribution in [-0.2, 0) is 14.4 Å². The lowest BCUT2D eigenvalue weighted by Gasteiger charge is -2.20. The lowest BCUT2D eigenvalue weighted by atomic mass is 10.4. The summed E-state index contributed by atoms with van der Waals surface area (Å²) in [6.45, 7) is -0.235. The molecule has 0 aliphatic heterocycles. The highest BCUT2D eigenvalue weighted by atomic mass is 16.4. The van der Waals surface area contributed by atoms with Crippen LogP contribution in [0, 0.1) is 0 Å². The Kier molecular flexibility index (Phi) is 5.23. The van der Waals surface area contributed by atoms with Gasteiger partial charge in [0.05, 0.1) is 6.54 Å². The number of amides is 2. The minimum Gasteiger partial charge on any atom is -0.479 e. The van der Waals surface area contributed by atoms with Crippen LogP contribution in [0.15, 0.2) is 0 Å². The van der Waals surface area contributed by atoms with Crippen molar-refractivity contribution < 1.29 is 19.5 Å². The second-order valence-corrected chi connectivity index (χ2v) is 2.77. The zero-order valence-electron chi connectivity index (χ0n) is 7.98. The molecule has 0 saturated carbocycles. The number of nitrogens with zero attached hydrogens (tertiary/aromatic N) is 1. The molecule has 0 saturated heterocycles. The number of hydrogen-bond acceptors (Lipinski definition) is 4. The zero-order chi connectivity index (χ0) is 11.1. The maximum atomic E-state index is 11.0. The summed E-state index contributed by atoms with van der Waals surface area (Å²) in [4.78, 5) is 32.8. The molecule has 0 aromatic rings. The number of carbonyl (C=O) groups excluding carboxylic acids is 2. The predicted octanol–water partition coefficient (Wildman–Crippen LogP) is -2.18. The van der Waals surface area contributed by atoms with Gasteiger partial charge < -0.3 is 15.7 Å². The first-order valence-corrected chi connectivity index (χ1v) is 3.84. The second-order valence-electron chi connectivity index (χ2n) is 2.77. The highest BCUT2D eigenvalue weighted by molar-refractivity contribution is 5.85. The van der Waals surface area contributed by atoms with Crippen LogP contribution in [0.3, 0.4) is 0 Å². The topological polar surface area (TPSA) is 98.7 Å². The SMILES string of the molecule is CN(C)C(NC(=O)CNC=O)C(=O)O. The van der Waals surface area contributed by atoms with Gasteiger partial charge in [-0.15, -0.1) is 0 Å². The van der Waals surface area contributed by atoms with Crippen LogP contribution >= 0.6 is 0 Å². The Morgan fingerprint density at radius 2 is 2.07 bits per heavy atom. The van der Waals surface area contributed by atoms with E-state index in [-0.39, 0.29) is 6.54 Å². The Morgan fingerprint density at radius 3 is 2.43 bits per heavy atom. The Labute approximate surface area is 81.1 Å². The highest BCUT2D eigenvalue weighted by Crippen LogP contribution is 1.87. The molecule has 0 rings (SSSR count). The van der Waals surface area contributed by atoms with Gasteiger partial charge >= 0.3 is 5.97 Å². The van der Waals surface area contributed by atoms with E-state index in [1.807, 2.05) is 0 Å². The predicted molar refractivity (Wildman–Crippen MR) is 47.3 cm³/mol. The molecule has 0 aliphatic carbocycles. The normalized spacial score (nSPS) is 11.9. The van der Waals surface area contributed by atoms with Crippen LogP contribution in [0.5, 0.6) is 0 Å². The van der Waals surface area contributed by atoms with Crippen molar-refractivity contribution in [1.82, 2.24) is 15.5 Å². The summed E-state index contributed by atoms with van der Waals surface area (Å²) in [5.74, 6) is -1.72. The van der Waals surface area contributed by atoms with Gasteiger partial charge in [-0.3, -0.25) is 14.5 Å². The van der Waals surface area contributed by atoms with Gasteiger partial charge in [-0.1, -0.05) is 0 Å². The number of aliphatic carboxylic acids is 1. The minimum atomic E-state index is -1.16. The molecule has 0 aromatic heterocycles. The van der Waals surface area contributed by atoms with Crippen molar-refractivity contribution in [2.45, 2.75) is 6.17 Å². The number of hydrogen-bond donors (Lipinski definition) is 3. The van der Waals surface area contributed by atoms with Gasteiger partial charge in [0.25, 0.3) is 0 Å². The number of carbonyl (C=O) groups is 3. The maximum absolute atomic E-state index is 11.0. The molecule has 2 amide bonds. The average Bonchev–Trinajstić information content (AvgIpc) is 2.09. The smallest absolute Gasteiger partial charge is 0.341 e. The van der Waals surface area contributed by atoms with Crippen molar-refractivity contribution in [3.8, 4) is 0 Å². The Bertz CT molecular complexity index is 229. The van der Waals surface area contributed by atoms with Gasteiger partial charge in [0.15, 0.2) is 6.17 Å². The van der Waals surface area contributed by atoms with Gasteiger partial charge in [0, 0.05) is 0 Å². The van der Waals surface area contributed by atoms with E-state index in [0.29, 0.717) is 6.41 Å². The first kappa shape index (κ1) is 12.4. The quantitative estimate of drug-likeness (QED) is 0.337. The van der Waals surface area contributed by atoms with E-state index in [9.17, 15) is 14.4 Å². The van der Waals surface area contributed by atoms with Crippen molar-refractivity contribution in [2.24, 2.45) is 0 Å². The molecule has 0 radical (unpaired) electrons. The number of carboxylic acid groups (broad SMARTS) is 1. The number of nitrogens with one attached hydrogen (secondary N) is 2. The first-order chi connectivity index (χ1) is 6.49. The van der Waals surface area contributed by atoms with Gasteiger partial charge in [0.2, 0.25) is 12.3 Å². The average molecular weight is 203 g/mol. The molecule has 0 spiro atoms. The molecule has 1 atom stereocenters. The number of carboxylic acids is 1. The summed E-state index contributed by atoms with van der Waals surface area (Å²) >= 11 is 0. The van der Waals surface area contributed by atoms with Gasteiger partial charge in [0.1, 0.15) is 0 Å². The van der Waals surface area contributed by atoms with Crippen molar-refractivity contribution in [2.75, 3.05) is 20.6 Å². The molecule has 0 aromatic carbocycles. The summed E-state index contributed by atoms with van der Waals surface area (Å²) in [6.07, 6.45) is -0.721. The summed E-state index contributed by atoms with van der Waals surface area (Å²) in [7, 11) is 3.04. The van der Waals surface area contributed by atoms with Crippen molar-refractivity contribution in [1.29, 1.82) is 0 Å². The molecule has 0 aliphatic rings. The van der Waals surface area contributed by atoms with E-state index >= 15 is 0 Å². The first-order valence-electron chi connectivity index (χ1n) is 3.84. The molecule has 7 heteroatoms. The lowest BCUT2D eigenvalue weighted by Crippen LogP contribution is -2.51. The summed E-state index contributed by atoms with van der Waals surface area (Å²) < 4.78 is 0. The molecule has 1 unspecified atom stereocenters. The molecule has 14 heavy (non-hydrogen) atoms. The fraction of sp³-hybridized carbons (Fsp3) is 0.571. The van der Waals surface area contributed by atoms with Crippen LogP contribution in [-0.4, -0.2) is 55.1 Å². The van der Waals surface area contributed by atoms with Crippen molar-refractivity contribution in [3.63, 3.8) is 0 Å². The molecule has 3 N–H and O–H groups in total. The number of likely N-dealkylation sites (N-methyl/N-ethyl adjacent to an activating group) is 1. The van der Waals surface area contributed by atoms with Crippen LogP contribution < -0.4 is 10.6 Å². The van der Waals surface area contributed by atoms with Gasteiger partial charge in [-0.25, -0.2) is 4.79 Å². The van der Waals surface area contributed by atoms with E-state index in [2.05, 4.69) is 10.6 Å². The maximum Gasteiger partial charge on any atom is 0.341 e. The Morgan fingerprint density at radius 1 is 1.50 bits per heavy atom. The van der Waals surface area contributed by atoms with Crippen molar-refractivity contribution in [3.05, 3.63) is 0 Å². The van der Waals surface area contributed by atoms with Crippen LogP contribution in [0.2, 0.25) is 0 Å². The monoisotopic (exact) mass is 203 g/mol. The largest absolute Gasteiger partial charge is 0.479 e. The molecule has 0 fully saturated rings. The minimum absolute atomic E-state index is 0.235. The summed E-state index contributed by atoms with van der Waals surface area (Å²) in [6, 6.07) is 0. The third kappa shape index (κ3) is 4.41. The zero-order valence-corrected chi connectivity index (χ0v) is 7.98. The third-order valence-electron chi connectivity index (χ3n) is 1.39. The number of rotatable bonds is 6. The summed E-state index contributed by atoms with van der Waals surface area (Å²) in [5, 5.41) is 13.0. The van der Waals surface area contributed by atoms with Crippen molar-refractivity contribution >= 4 is 18.3 Å². The van der Waals surface area contributed by atoms with Crippen LogP contribution in [0.25, 0.3) is 0 Å². The highest BCUT2D eigenvalue weighted by Gasteiger charge is 2.21. The molecular formula is C7H13N3O4. The van der Waals surface area contributed by atoms with E-state index in [4.69, 9.17) is 5.11 Å². The van der Waals surface area contributed by atoms with E-state index in [1.165, 1.54) is 19.0 Å². The van der Waals surface area contributed by atoms with E-state index in [1.54, 1.807) is 0 Å². The fourth-order valence-corrected chi connectivity index (χ4v) is 0.750. The lowest BCUT2D eigenvalue weighted by molar-refractivity contribution is -0.146. The van der Waals surface area contributed by atoms with E-state index < -0.39 is 18.0 Å². The molecule has 80 valence electrons. The van der Waals surface area contributed by atoms with Crippen LogP contribution in [0.1, 0.15) is 0 Å². The summed E-state index contributed by atoms with van der Waals surface area (Å²) in [5.41, 5.74) is 0. The Balaban J connectivity index is 4.09. The standard InChI is InChI=1S/C7H13N3O4/c1-10(2)6(7(13)14)9-5(12)3-8-4-11/h4,6H,3H2,1-2H3,(H,8,11)(H,9,12)(H,13,14). The molecule has 7 nitrogen and oxygen atoms in total. The van der Waals surface area contributed by atoms with Crippen LogP contribution in [0.4, 0.5) is 0 Å². The van der Waals surface area contributed by atoms with E-state index in [0.717, 1.165) is 0 Å². The van der Waals surface area contributed by atoms with Gasteiger partial charge in [-0.05, 0) is 14.1 Å². The molecular weight excluding hydrogens is 190 g/mol. The Hall–Kier alpha value is -1.63. The third-order valence-corrected chi connectivity index (χ3v) is 1.39. The van der Waals surface area contributed by atoms with Gasteiger partial charge in [-0.2, -0.15) is 0 Å².